The second kappa shape index (κ2) is 14.8. The molecule has 56 heavy (non-hydrogen) atoms. The molecule has 0 saturated heterocycles. The van der Waals surface area contributed by atoms with Crippen molar-refractivity contribution in [3.05, 3.63) is 181 Å². The van der Waals surface area contributed by atoms with E-state index in [1.54, 1.807) is 14.2 Å². The molecule has 0 N–H and O–H groups in total. The van der Waals surface area contributed by atoms with Gasteiger partial charge in [0.15, 0.2) is 0 Å². The van der Waals surface area contributed by atoms with Gasteiger partial charge < -0.3 is 19.3 Å². The summed E-state index contributed by atoms with van der Waals surface area (Å²) in [4.78, 5) is 4.82. The van der Waals surface area contributed by atoms with Crippen molar-refractivity contribution in [1.82, 2.24) is 0 Å². The maximum atomic E-state index is 5.63. The highest BCUT2D eigenvalue weighted by atomic mass is 16.5. The number of hydrogen-bond acceptors (Lipinski definition) is 4. The van der Waals surface area contributed by atoms with Gasteiger partial charge in [-0.25, -0.2) is 0 Å². The number of nitrogens with zero attached hydrogens (tertiary/aromatic N) is 2. The quantitative estimate of drug-likeness (QED) is 0.140. The van der Waals surface area contributed by atoms with Crippen molar-refractivity contribution in [2.45, 2.75) is 26.7 Å². The minimum Gasteiger partial charge on any atom is -0.497 e. The maximum Gasteiger partial charge on any atom is 0.119 e. The first-order valence-corrected chi connectivity index (χ1v) is 19.4. The molecule has 9 rings (SSSR count). The molecule has 0 atom stereocenters. The van der Waals surface area contributed by atoms with E-state index in [-0.39, 0.29) is 0 Å². The number of methoxy groups -OCH3 is 2. The SMILES string of the molecule is CCc1ccc2c(N(c3ccc(N(c4cccc5cc(OC)ccc45)c4cccc5cc(OC)ccc45)cc3)c3cccc4cc(CC)ccc34)cccc2c1. The first-order valence-electron chi connectivity index (χ1n) is 19.4. The molecule has 9 aromatic rings. The van der Waals surface area contributed by atoms with Gasteiger partial charge in [0.2, 0.25) is 0 Å². The van der Waals surface area contributed by atoms with Gasteiger partial charge in [0.25, 0.3) is 0 Å². The Hall–Kier alpha value is -6.78. The lowest BCUT2D eigenvalue weighted by Crippen LogP contribution is -2.13. The zero-order valence-electron chi connectivity index (χ0n) is 32.3. The number of anilines is 6. The second-order valence-electron chi connectivity index (χ2n) is 14.3. The minimum absolute atomic E-state index is 0.835. The third kappa shape index (κ3) is 6.23. The lowest BCUT2D eigenvalue weighted by Gasteiger charge is -2.31. The van der Waals surface area contributed by atoms with E-state index in [9.17, 15) is 0 Å². The second-order valence-corrected chi connectivity index (χ2v) is 14.3. The summed E-state index contributed by atoms with van der Waals surface area (Å²) in [5, 5.41) is 9.40. The summed E-state index contributed by atoms with van der Waals surface area (Å²) in [7, 11) is 3.43. The van der Waals surface area contributed by atoms with E-state index in [4.69, 9.17) is 9.47 Å². The van der Waals surface area contributed by atoms with Crippen molar-refractivity contribution in [2.24, 2.45) is 0 Å². The number of hydrogen-bond donors (Lipinski definition) is 0. The number of fused-ring (bicyclic) bond motifs is 4. The van der Waals surface area contributed by atoms with E-state index in [2.05, 4.69) is 181 Å². The molecule has 0 radical (unpaired) electrons. The van der Waals surface area contributed by atoms with Gasteiger partial charge in [-0.3, -0.25) is 0 Å². The highest BCUT2D eigenvalue weighted by molar-refractivity contribution is 6.07. The van der Waals surface area contributed by atoms with Gasteiger partial charge >= 0.3 is 0 Å². The Bertz CT molecular complexity index is 2510. The van der Waals surface area contributed by atoms with Crippen LogP contribution in [0.1, 0.15) is 25.0 Å². The molecule has 0 aliphatic rings. The summed E-state index contributed by atoms with van der Waals surface area (Å²) in [6.45, 7) is 4.43. The number of benzene rings is 9. The van der Waals surface area contributed by atoms with Crippen LogP contribution in [-0.4, -0.2) is 14.2 Å². The molecule has 4 heteroatoms. The molecule has 274 valence electrons. The number of aryl methyl sites for hydroxylation is 2. The van der Waals surface area contributed by atoms with Gasteiger partial charge in [0.05, 0.1) is 37.0 Å². The van der Waals surface area contributed by atoms with Gasteiger partial charge in [-0.05, 0) is 130 Å². The molecule has 0 saturated carbocycles. The molecule has 0 fully saturated rings. The molecule has 0 aliphatic carbocycles. The summed E-state index contributed by atoms with van der Waals surface area (Å²) in [6.07, 6.45) is 2.00. The first kappa shape index (κ1) is 35.0. The Morgan fingerprint density at radius 3 is 1.00 bits per heavy atom. The molecule has 0 unspecified atom stereocenters. The van der Waals surface area contributed by atoms with Gasteiger partial charge in [-0.1, -0.05) is 98.8 Å². The Morgan fingerprint density at radius 2 is 0.679 bits per heavy atom. The van der Waals surface area contributed by atoms with E-state index in [0.29, 0.717) is 0 Å². The van der Waals surface area contributed by atoms with E-state index in [1.807, 2.05) is 12.1 Å². The standard InChI is InChI=1S/C52H44N2O2/c1-5-35-19-27-45-37(31-35)11-7-15-49(45)53(50-16-8-12-38-32-36(6-2)20-28-46(38)50)41-21-23-42(24-22-41)54(51-17-9-13-39-33-43(55-3)25-29-47(39)51)52-18-10-14-40-34-44(56-4)26-30-48(40)52/h7-34H,5-6H2,1-4H3. The summed E-state index contributed by atoms with van der Waals surface area (Å²) in [6, 6.07) is 61.7. The van der Waals surface area contributed by atoms with Crippen LogP contribution >= 0.6 is 0 Å². The van der Waals surface area contributed by atoms with E-state index in [1.165, 1.54) is 32.7 Å². The number of rotatable bonds is 10. The summed E-state index contributed by atoms with van der Waals surface area (Å²) in [5.74, 6) is 1.67. The molecular formula is C52H44N2O2. The molecule has 0 amide bonds. The van der Waals surface area contributed by atoms with Crippen molar-refractivity contribution in [3.63, 3.8) is 0 Å². The fourth-order valence-corrected chi connectivity index (χ4v) is 8.16. The molecule has 0 spiro atoms. The zero-order valence-corrected chi connectivity index (χ0v) is 32.3. The third-order valence-electron chi connectivity index (χ3n) is 11.1. The van der Waals surface area contributed by atoms with E-state index < -0.39 is 0 Å². The fourth-order valence-electron chi connectivity index (χ4n) is 8.16. The Labute approximate surface area is 328 Å². The average molecular weight is 729 g/mol. The largest absolute Gasteiger partial charge is 0.497 e. The van der Waals surface area contributed by atoms with Crippen molar-refractivity contribution < 1.29 is 9.47 Å². The first-order chi connectivity index (χ1) is 27.6. The van der Waals surface area contributed by atoms with Crippen molar-refractivity contribution in [3.8, 4) is 11.5 Å². The van der Waals surface area contributed by atoms with Gasteiger partial charge in [-0.2, -0.15) is 0 Å². The summed E-state index contributed by atoms with van der Waals surface area (Å²) in [5.41, 5.74) is 9.26. The average Bonchev–Trinajstić information content (AvgIpc) is 3.26. The van der Waals surface area contributed by atoms with E-state index in [0.717, 1.165) is 80.0 Å². The van der Waals surface area contributed by atoms with E-state index >= 15 is 0 Å². The van der Waals surface area contributed by atoms with Crippen LogP contribution in [0.4, 0.5) is 34.1 Å². The van der Waals surface area contributed by atoms with Crippen molar-refractivity contribution in [1.29, 1.82) is 0 Å². The normalized spacial score (nSPS) is 11.4. The van der Waals surface area contributed by atoms with Crippen LogP contribution in [0, 0.1) is 0 Å². The van der Waals surface area contributed by atoms with Gasteiger partial charge in [-0.15, -0.1) is 0 Å². The highest BCUT2D eigenvalue weighted by Crippen LogP contribution is 2.46. The van der Waals surface area contributed by atoms with Crippen LogP contribution in [0.2, 0.25) is 0 Å². The minimum atomic E-state index is 0.835. The topological polar surface area (TPSA) is 24.9 Å². The Balaban J connectivity index is 1.26. The molecule has 9 aromatic carbocycles. The number of ether oxygens (including phenoxy) is 2. The molecule has 0 aromatic heterocycles. The van der Waals surface area contributed by atoms with Crippen LogP contribution in [0.3, 0.4) is 0 Å². The van der Waals surface area contributed by atoms with Crippen molar-refractivity contribution >= 4 is 77.2 Å². The molecule has 0 aliphatic heterocycles. The monoisotopic (exact) mass is 728 g/mol. The van der Waals surface area contributed by atoms with Crippen LogP contribution in [-0.2, 0) is 12.8 Å². The summed E-state index contributed by atoms with van der Waals surface area (Å²) >= 11 is 0. The van der Waals surface area contributed by atoms with Crippen molar-refractivity contribution in [2.75, 3.05) is 24.0 Å². The van der Waals surface area contributed by atoms with Gasteiger partial charge in [0.1, 0.15) is 11.5 Å². The van der Waals surface area contributed by atoms with Crippen LogP contribution in [0.25, 0.3) is 43.1 Å². The summed E-state index contributed by atoms with van der Waals surface area (Å²) < 4.78 is 11.3. The predicted molar refractivity (Wildman–Crippen MR) is 238 cm³/mol. The Morgan fingerprint density at radius 1 is 0.357 bits per heavy atom. The molecular weight excluding hydrogens is 685 g/mol. The van der Waals surface area contributed by atoms with Gasteiger partial charge in [0, 0.05) is 32.9 Å². The lowest BCUT2D eigenvalue weighted by molar-refractivity contribution is 0.415. The maximum absolute atomic E-state index is 5.63. The molecule has 0 heterocycles. The Kier molecular flexibility index (Phi) is 9.24. The molecule has 0 bridgehead atoms. The van der Waals surface area contributed by atoms with Crippen LogP contribution < -0.4 is 19.3 Å². The fraction of sp³-hybridized carbons (Fsp3) is 0.115. The highest BCUT2D eigenvalue weighted by Gasteiger charge is 2.21. The molecule has 4 nitrogen and oxygen atoms in total. The zero-order chi connectivity index (χ0) is 38.2. The van der Waals surface area contributed by atoms with Crippen LogP contribution in [0.15, 0.2) is 170 Å². The van der Waals surface area contributed by atoms with Crippen LogP contribution in [0.5, 0.6) is 11.5 Å². The smallest absolute Gasteiger partial charge is 0.119 e. The third-order valence-corrected chi connectivity index (χ3v) is 11.1. The predicted octanol–water partition coefficient (Wildman–Crippen LogP) is 14.4. The lowest BCUT2D eigenvalue weighted by atomic mass is 10.00.